The Morgan fingerprint density at radius 3 is 2.22 bits per heavy atom. The van der Waals surface area contributed by atoms with Crippen LogP contribution in [0.1, 0.15) is 16.8 Å². The molecule has 0 atom stereocenters. The molecule has 0 aliphatic heterocycles. The molecule has 0 aliphatic rings. The summed E-state index contributed by atoms with van der Waals surface area (Å²) >= 11 is 0. The van der Waals surface area contributed by atoms with Crippen molar-refractivity contribution >= 4 is 27.5 Å². The molecule has 9 nitrogen and oxygen atoms in total. The van der Waals surface area contributed by atoms with Gasteiger partial charge in [-0.25, -0.2) is 8.42 Å². The Morgan fingerprint density at radius 2 is 1.53 bits per heavy atom. The Kier molecular flexibility index (Phi) is 9.43. The molecule has 0 saturated heterocycles. The minimum absolute atomic E-state index is 0.0211. The molecule has 0 radical (unpaired) electrons. The lowest BCUT2D eigenvalue weighted by Crippen LogP contribution is -2.37. The minimum Gasteiger partial charge on any atom is -0.455 e. The molecule has 0 heterocycles. The number of ether oxygens (including phenoxy) is 1. The van der Waals surface area contributed by atoms with Crippen LogP contribution in [0.2, 0.25) is 0 Å². The number of nitrogens with zero attached hydrogens (tertiary/aromatic N) is 1. The molecule has 2 amide bonds. The number of amides is 2. The maximum absolute atomic E-state index is 12.9. The first-order valence-electron chi connectivity index (χ1n) is 11.4. The predicted molar refractivity (Wildman–Crippen MR) is 139 cm³/mol. The molecule has 0 aliphatic carbocycles. The summed E-state index contributed by atoms with van der Waals surface area (Å²) < 4.78 is 34.2. The minimum atomic E-state index is -3.94. The third-order valence-electron chi connectivity index (χ3n) is 5.04. The van der Waals surface area contributed by atoms with Crippen molar-refractivity contribution in [2.45, 2.75) is 11.3 Å². The molecule has 3 N–H and O–H groups in total. The SMILES string of the molecule is CN(C)CCCNC(=O)CNC(=O)c1ccc(S(=O)(=O)Nc2ccccc2Oc2ccccc2)cc1. The summed E-state index contributed by atoms with van der Waals surface area (Å²) in [6, 6.07) is 21.2. The monoisotopic (exact) mass is 510 g/mol. The van der Waals surface area contributed by atoms with Gasteiger partial charge in [0, 0.05) is 12.1 Å². The van der Waals surface area contributed by atoms with Crippen molar-refractivity contribution in [3.63, 3.8) is 0 Å². The Balaban J connectivity index is 1.58. The number of sulfonamides is 1. The number of anilines is 1. The number of hydrogen-bond acceptors (Lipinski definition) is 6. The van der Waals surface area contributed by atoms with Gasteiger partial charge in [-0.15, -0.1) is 0 Å². The lowest BCUT2D eigenvalue weighted by atomic mass is 10.2. The number of carbonyl (C=O) groups is 2. The molecular weight excluding hydrogens is 480 g/mol. The Hall–Kier alpha value is -3.89. The molecule has 0 aromatic heterocycles. The van der Waals surface area contributed by atoms with E-state index < -0.39 is 15.9 Å². The number of nitrogens with one attached hydrogen (secondary N) is 3. The average molecular weight is 511 g/mol. The van der Waals surface area contributed by atoms with Crippen molar-refractivity contribution in [3.05, 3.63) is 84.4 Å². The highest BCUT2D eigenvalue weighted by atomic mass is 32.2. The highest BCUT2D eigenvalue weighted by molar-refractivity contribution is 7.92. The second-order valence-electron chi connectivity index (χ2n) is 8.23. The molecular formula is C26H30N4O5S. The summed E-state index contributed by atoms with van der Waals surface area (Å²) in [7, 11) is -0.0399. The first-order valence-corrected chi connectivity index (χ1v) is 12.9. The van der Waals surface area contributed by atoms with Crippen LogP contribution in [0.15, 0.2) is 83.8 Å². The molecule has 0 unspecified atom stereocenters. The fourth-order valence-corrected chi connectivity index (χ4v) is 4.26. The quantitative estimate of drug-likeness (QED) is 0.323. The van der Waals surface area contributed by atoms with Gasteiger partial charge in [-0.2, -0.15) is 0 Å². The van der Waals surface area contributed by atoms with Crippen LogP contribution in [0.4, 0.5) is 5.69 Å². The summed E-state index contributed by atoms with van der Waals surface area (Å²) in [5, 5.41) is 5.27. The van der Waals surface area contributed by atoms with E-state index in [1.54, 1.807) is 36.4 Å². The molecule has 0 spiro atoms. The van der Waals surface area contributed by atoms with Gasteiger partial charge in [0.15, 0.2) is 5.75 Å². The van der Waals surface area contributed by atoms with Crippen LogP contribution in [0.5, 0.6) is 11.5 Å². The summed E-state index contributed by atoms with van der Waals surface area (Å²) in [6.07, 6.45) is 0.805. The molecule has 3 aromatic rings. The van der Waals surface area contributed by atoms with Crippen molar-refractivity contribution < 1.29 is 22.7 Å². The van der Waals surface area contributed by atoms with Gasteiger partial charge in [-0.1, -0.05) is 30.3 Å². The van der Waals surface area contributed by atoms with E-state index in [-0.39, 0.29) is 28.6 Å². The molecule has 0 saturated carbocycles. The molecule has 3 rings (SSSR count). The van der Waals surface area contributed by atoms with Crippen LogP contribution in [0, 0.1) is 0 Å². The van der Waals surface area contributed by atoms with E-state index in [1.807, 2.05) is 37.2 Å². The van der Waals surface area contributed by atoms with E-state index in [9.17, 15) is 18.0 Å². The van der Waals surface area contributed by atoms with E-state index in [1.165, 1.54) is 24.3 Å². The van der Waals surface area contributed by atoms with Crippen molar-refractivity contribution in [3.8, 4) is 11.5 Å². The van der Waals surface area contributed by atoms with Gasteiger partial charge in [0.1, 0.15) is 5.75 Å². The largest absolute Gasteiger partial charge is 0.455 e. The topological polar surface area (TPSA) is 117 Å². The van der Waals surface area contributed by atoms with Gasteiger partial charge in [0.25, 0.3) is 15.9 Å². The van der Waals surface area contributed by atoms with E-state index in [2.05, 4.69) is 15.4 Å². The van der Waals surface area contributed by atoms with Gasteiger partial charge < -0.3 is 20.3 Å². The summed E-state index contributed by atoms with van der Waals surface area (Å²) in [4.78, 5) is 26.2. The highest BCUT2D eigenvalue weighted by Gasteiger charge is 2.18. The number of para-hydroxylation sites is 3. The maximum Gasteiger partial charge on any atom is 0.262 e. The number of rotatable bonds is 12. The summed E-state index contributed by atoms with van der Waals surface area (Å²) in [5.41, 5.74) is 0.516. The fraction of sp³-hybridized carbons (Fsp3) is 0.231. The van der Waals surface area contributed by atoms with Crippen LogP contribution < -0.4 is 20.1 Å². The van der Waals surface area contributed by atoms with Gasteiger partial charge in [-0.3, -0.25) is 14.3 Å². The zero-order valence-corrected chi connectivity index (χ0v) is 21.0. The lowest BCUT2D eigenvalue weighted by Gasteiger charge is -2.13. The number of carbonyl (C=O) groups excluding carboxylic acids is 2. The Morgan fingerprint density at radius 1 is 0.861 bits per heavy atom. The molecule has 0 bridgehead atoms. The van der Waals surface area contributed by atoms with Crippen molar-refractivity contribution in [1.29, 1.82) is 0 Å². The van der Waals surface area contributed by atoms with Crippen LogP contribution in [-0.2, 0) is 14.8 Å². The zero-order chi connectivity index (χ0) is 26.0. The fourth-order valence-electron chi connectivity index (χ4n) is 3.19. The second kappa shape index (κ2) is 12.7. The normalized spacial score (nSPS) is 11.1. The van der Waals surface area contributed by atoms with Gasteiger partial charge >= 0.3 is 0 Å². The average Bonchev–Trinajstić information content (AvgIpc) is 2.87. The van der Waals surface area contributed by atoms with Crippen LogP contribution >= 0.6 is 0 Å². The molecule has 0 fully saturated rings. The lowest BCUT2D eigenvalue weighted by molar-refractivity contribution is -0.120. The van der Waals surface area contributed by atoms with Gasteiger partial charge in [-0.05, 0) is 75.6 Å². The third kappa shape index (κ3) is 8.10. The zero-order valence-electron chi connectivity index (χ0n) is 20.2. The van der Waals surface area contributed by atoms with Crippen LogP contribution in [0.3, 0.4) is 0 Å². The molecule has 36 heavy (non-hydrogen) atoms. The highest BCUT2D eigenvalue weighted by Crippen LogP contribution is 2.30. The van der Waals surface area contributed by atoms with Gasteiger partial charge in [0.05, 0.1) is 17.1 Å². The van der Waals surface area contributed by atoms with E-state index in [4.69, 9.17) is 4.74 Å². The van der Waals surface area contributed by atoms with Crippen molar-refractivity contribution in [2.24, 2.45) is 0 Å². The molecule has 10 heteroatoms. The number of benzene rings is 3. The molecule has 190 valence electrons. The molecule has 3 aromatic carbocycles. The van der Waals surface area contributed by atoms with E-state index >= 15 is 0 Å². The van der Waals surface area contributed by atoms with Gasteiger partial charge in [0.2, 0.25) is 5.91 Å². The standard InChI is InChI=1S/C26H30N4O5S/c1-30(2)18-8-17-27-25(31)19-28-26(32)20-13-15-22(16-14-20)36(33,34)29-23-11-6-7-12-24(23)35-21-9-4-3-5-10-21/h3-7,9-16,29H,8,17-19H2,1-2H3,(H,27,31)(H,28,32). The number of hydrogen-bond donors (Lipinski definition) is 3. The summed E-state index contributed by atoms with van der Waals surface area (Å²) in [6.45, 7) is 1.20. The smallest absolute Gasteiger partial charge is 0.262 e. The first kappa shape index (κ1) is 26.7. The van der Waals surface area contributed by atoms with E-state index in [0.717, 1.165) is 13.0 Å². The van der Waals surface area contributed by atoms with Crippen LogP contribution in [0.25, 0.3) is 0 Å². The van der Waals surface area contributed by atoms with Crippen molar-refractivity contribution in [1.82, 2.24) is 15.5 Å². The van der Waals surface area contributed by atoms with Crippen molar-refractivity contribution in [2.75, 3.05) is 38.5 Å². The summed E-state index contributed by atoms with van der Waals surface area (Å²) in [5.74, 6) is 0.156. The third-order valence-corrected chi connectivity index (χ3v) is 6.42. The predicted octanol–water partition coefficient (Wildman–Crippen LogP) is 3.08. The first-order chi connectivity index (χ1) is 17.2. The Labute approximate surface area is 211 Å². The van der Waals surface area contributed by atoms with E-state index in [0.29, 0.717) is 18.0 Å². The maximum atomic E-state index is 12.9. The van der Waals surface area contributed by atoms with Crippen LogP contribution in [-0.4, -0.2) is 58.9 Å². The second-order valence-corrected chi connectivity index (χ2v) is 9.91. The Bertz CT molecular complexity index is 1260.